The van der Waals surface area contributed by atoms with E-state index in [1.807, 2.05) is 0 Å². The Morgan fingerprint density at radius 2 is 2.20 bits per heavy atom. The molecular formula is C9H16N4O2. The lowest BCUT2D eigenvalue weighted by Gasteiger charge is -2.30. The average molecular weight is 212 g/mol. The molecule has 1 fully saturated rings. The highest BCUT2D eigenvalue weighted by Gasteiger charge is 2.22. The molecule has 1 aliphatic heterocycles. The Balaban J connectivity index is 2.02. The molecule has 0 aromatic carbocycles. The Bertz CT molecular complexity index is 309. The smallest absolute Gasteiger partial charge is 0.417 e. The van der Waals surface area contributed by atoms with Gasteiger partial charge in [-0.05, 0) is 6.92 Å². The van der Waals surface area contributed by atoms with Crippen molar-refractivity contribution in [3.63, 3.8) is 0 Å². The Morgan fingerprint density at radius 3 is 2.80 bits per heavy atom. The van der Waals surface area contributed by atoms with Crippen molar-refractivity contribution in [2.24, 2.45) is 0 Å². The second-order valence-corrected chi connectivity index (χ2v) is 3.58. The van der Waals surface area contributed by atoms with Crippen molar-refractivity contribution in [1.82, 2.24) is 20.4 Å². The van der Waals surface area contributed by atoms with Crippen LogP contribution in [0.4, 0.5) is 0 Å². The zero-order valence-electron chi connectivity index (χ0n) is 9.06. The van der Waals surface area contributed by atoms with E-state index >= 15 is 0 Å². The molecule has 1 aromatic heterocycles. The van der Waals surface area contributed by atoms with Crippen molar-refractivity contribution in [2.45, 2.75) is 13.0 Å². The van der Waals surface area contributed by atoms with E-state index in [1.165, 1.54) is 7.11 Å². The van der Waals surface area contributed by atoms with Gasteiger partial charge in [-0.3, -0.25) is 9.42 Å². The molecule has 0 saturated carbocycles. The molecule has 6 nitrogen and oxygen atoms in total. The summed E-state index contributed by atoms with van der Waals surface area (Å²) in [5, 5.41) is 7.20. The highest BCUT2D eigenvalue weighted by Crippen LogP contribution is 2.19. The normalized spacial score (nSPS) is 20.1. The Kier molecular flexibility index (Phi) is 3.17. The molecule has 0 spiro atoms. The Labute approximate surface area is 88.6 Å². The number of hydrogen-bond donors (Lipinski definition) is 1. The maximum Gasteiger partial charge on any atom is 0.417 e. The molecule has 0 aliphatic carbocycles. The highest BCUT2D eigenvalue weighted by molar-refractivity contribution is 4.96. The first-order valence-corrected chi connectivity index (χ1v) is 5.13. The molecule has 2 rings (SSSR count). The summed E-state index contributed by atoms with van der Waals surface area (Å²) in [5.74, 6) is 0.689. The van der Waals surface area contributed by atoms with E-state index in [0.717, 1.165) is 26.2 Å². The topological polar surface area (TPSA) is 63.4 Å². The molecule has 1 aromatic rings. The van der Waals surface area contributed by atoms with Gasteiger partial charge in [-0.25, -0.2) is 0 Å². The van der Waals surface area contributed by atoms with Crippen molar-refractivity contribution in [3.8, 4) is 6.08 Å². The third-order valence-electron chi connectivity index (χ3n) is 2.67. The van der Waals surface area contributed by atoms with Gasteiger partial charge in [-0.2, -0.15) is 4.98 Å². The standard InChI is InChI=1S/C9H16N4O2/c1-7(13-5-3-10-4-6-13)8-11-9(14-2)15-12-8/h7,10H,3-6H2,1-2H3. The second-order valence-electron chi connectivity index (χ2n) is 3.58. The minimum atomic E-state index is 0.180. The summed E-state index contributed by atoms with van der Waals surface area (Å²) < 4.78 is 9.76. The number of ether oxygens (including phenoxy) is 1. The van der Waals surface area contributed by atoms with Gasteiger partial charge in [-0.1, -0.05) is 5.16 Å². The predicted octanol–water partition coefficient (Wildman–Crippen LogP) is 0.0444. The van der Waals surface area contributed by atoms with E-state index < -0.39 is 0 Å². The van der Waals surface area contributed by atoms with Crippen LogP contribution in [-0.2, 0) is 0 Å². The van der Waals surface area contributed by atoms with Crippen molar-refractivity contribution < 1.29 is 9.26 Å². The maximum absolute atomic E-state index is 4.90. The zero-order valence-corrected chi connectivity index (χ0v) is 9.06. The van der Waals surface area contributed by atoms with Gasteiger partial charge in [0.15, 0.2) is 5.82 Å². The lowest BCUT2D eigenvalue weighted by Crippen LogP contribution is -2.44. The summed E-state index contributed by atoms with van der Waals surface area (Å²) in [4.78, 5) is 6.46. The van der Waals surface area contributed by atoms with Gasteiger partial charge in [0, 0.05) is 26.2 Å². The Morgan fingerprint density at radius 1 is 1.47 bits per heavy atom. The summed E-state index contributed by atoms with van der Waals surface area (Å²) in [5.41, 5.74) is 0. The number of hydrogen-bond acceptors (Lipinski definition) is 6. The van der Waals surface area contributed by atoms with E-state index in [4.69, 9.17) is 9.26 Å². The fourth-order valence-electron chi connectivity index (χ4n) is 1.71. The molecule has 1 aliphatic rings. The van der Waals surface area contributed by atoms with Crippen LogP contribution in [-0.4, -0.2) is 48.3 Å². The molecule has 15 heavy (non-hydrogen) atoms. The molecule has 0 radical (unpaired) electrons. The molecule has 0 amide bonds. The van der Waals surface area contributed by atoms with Gasteiger partial charge < -0.3 is 10.1 Å². The van der Waals surface area contributed by atoms with Crippen molar-refractivity contribution in [3.05, 3.63) is 5.82 Å². The van der Waals surface area contributed by atoms with Crippen LogP contribution in [0.5, 0.6) is 6.08 Å². The first-order valence-electron chi connectivity index (χ1n) is 5.13. The quantitative estimate of drug-likeness (QED) is 0.763. The second kappa shape index (κ2) is 4.59. The SMILES string of the molecule is COc1nc(C(C)N2CCNCC2)no1. The van der Waals surface area contributed by atoms with Crippen molar-refractivity contribution in [2.75, 3.05) is 33.3 Å². The molecule has 1 saturated heterocycles. The van der Waals surface area contributed by atoms with Crippen LogP contribution in [0, 0.1) is 0 Å². The van der Waals surface area contributed by atoms with E-state index in [0.29, 0.717) is 5.82 Å². The number of nitrogens with one attached hydrogen (secondary N) is 1. The van der Waals surface area contributed by atoms with Gasteiger partial charge in [-0.15, -0.1) is 0 Å². The van der Waals surface area contributed by atoms with Crippen LogP contribution in [0.1, 0.15) is 18.8 Å². The number of aromatic nitrogens is 2. The molecule has 1 unspecified atom stereocenters. The molecule has 1 atom stereocenters. The van der Waals surface area contributed by atoms with Crippen LogP contribution in [0.25, 0.3) is 0 Å². The van der Waals surface area contributed by atoms with Crippen LogP contribution in [0.2, 0.25) is 0 Å². The van der Waals surface area contributed by atoms with Crippen molar-refractivity contribution >= 4 is 0 Å². The van der Waals surface area contributed by atoms with Crippen LogP contribution in [0.15, 0.2) is 4.52 Å². The number of piperazine rings is 1. The summed E-state index contributed by atoms with van der Waals surface area (Å²) in [6.07, 6.45) is 0.229. The van der Waals surface area contributed by atoms with Gasteiger partial charge in [0.05, 0.1) is 13.2 Å². The lowest BCUT2D eigenvalue weighted by molar-refractivity contribution is 0.175. The molecule has 6 heteroatoms. The van der Waals surface area contributed by atoms with Crippen molar-refractivity contribution in [1.29, 1.82) is 0 Å². The molecule has 84 valence electrons. The van der Waals surface area contributed by atoms with Crippen LogP contribution < -0.4 is 10.1 Å². The Hall–Kier alpha value is -1.14. The monoisotopic (exact) mass is 212 g/mol. The van der Waals surface area contributed by atoms with E-state index in [2.05, 4.69) is 27.3 Å². The third-order valence-corrected chi connectivity index (χ3v) is 2.67. The first kappa shape index (κ1) is 10.4. The third kappa shape index (κ3) is 2.27. The minimum Gasteiger partial charge on any atom is -0.452 e. The number of methoxy groups -OCH3 is 1. The van der Waals surface area contributed by atoms with Crippen LogP contribution >= 0.6 is 0 Å². The van der Waals surface area contributed by atoms with Gasteiger partial charge >= 0.3 is 6.08 Å². The maximum atomic E-state index is 4.90. The first-order chi connectivity index (χ1) is 7.31. The fraction of sp³-hybridized carbons (Fsp3) is 0.778. The zero-order chi connectivity index (χ0) is 10.7. The summed E-state index contributed by atoms with van der Waals surface area (Å²) >= 11 is 0. The lowest BCUT2D eigenvalue weighted by atomic mass is 10.2. The summed E-state index contributed by atoms with van der Waals surface area (Å²) in [6, 6.07) is 0.180. The number of rotatable bonds is 3. The van der Waals surface area contributed by atoms with E-state index in [9.17, 15) is 0 Å². The summed E-state index contributed by atoms with van der Waals surface area (Å²) in [6.45, 7) is 6.13. The predicted molar refractivity (Wildman–Crippen MR) is 53.7 cm³/mol. The highest BCUT2D eigenvalue weighted by atomic mass is 16.6. The van der Waals surface area contributed by atoms with Gasteiger partial charge in [0.1, 0.15) is 0 Å². The summed E-state index contributed by atoms with van der Waals surface area (Å²) in [7, 11) is 1.52. The van der Waals surface area contributed by atoms with E-state index in [-0.39, 0.29) is 12.1 Å². The number of nitrogens with zero attached hydrogens (tertiary/aromatic N) is 3. The molecular weight excluding hydrogens is 196 g/mol. The van der Waals surface area contributed by atoms with Gasteiger partial charge in [0.2, 0.25) is 0 Å². The fourth-order valence-corrected chi connectivity index (χ4v) is 1.71. The molecule has 0 bridgehead atoms. The largest absolute Gasteiger partial charge is 0.452 e. The average Bonchev–Trinajstić information content (AvgIpc) is 2.78. The van der Waals surface area contributed by atoms with Gasteiger partial charge in [0.25, 0.3) is 0 Å². The molecule has 2 heterocycles. The minimum absolute atomic E-state index is 0.180. The van der Waals surface area contributed by atoms with Crippen LogP contribution in [0.3, 0.4) is 0 Å². The molecule has 1 N–H and O–H groups in total. The van der Waals surface area contributed by atoms with E-state index in [1.54, 1.807) is 0 Å².